The van der Waals surface area contributed by atoms with Crippen LogP contribution in [0.5, 0.6) is 5.88 Å². The normalized spacial score (nSPS) is 12.2. The Bertz CT molecular complexity index is 309. The molecule has 1 heterocycles. The van der Waals surface area contributed by atoms with Crippen LogP contribution in [0, 0.1) is 0 Å². The number of rotatable bonds is 7. The maximum Gasteiger partial charge on any atom is 0.234 e. The van der Waals surface area contributed by atoms with Crippen LogP contribution in [0.2, 0.25) is 0 Å². The van der Waals surface area contributed by atoms with Gasteiger partial charge in [0.05, 0.1) is 25.1 Å². The molecule has 2 N–H and O–H groups in total. The van der Waals surface area contributed by atoms with E-state index in [0.29, 0.717) is 18.2 Å². The van der Waals surface area contributed by atoms with Gasteiger partial charge in [-0.1, -0.05) is 0 Å². The minimum absolute atomic E-state index is 0.0416. The lowest BCUT2D eigenvalue weighted by molar-refractivity contribution is 0.128. The summed E-state index contributed by atoms with van der Waals surface area (Å²) in [5.41, 5.74) is 0. The lowest BCUT2D eigenvalue weighted by Gasteiger charge is -2.11. The number of anilines is 1. The molecule has 0 fully saturated rings. The van der Waals surface area contributed by atoms with Gasteiger partial charge in [-0.25, -0.2) is 0 Å². The zero-order valence-electron chi connectivity index (χ0n) is 9.51. The summed E-state index contributed by atoms with van der Waals surface area (Å²) in [5.74, 6) is 1.02. The summed E-state index contributed by atoms with van der Waals surface area (Å²) in [6.07, 6.45) is 3.21. The highest BCUT2D eigenvalue weighted by atomic mass is 16.5. The third-order valence-electron chi connectivity index (χ3n) is 1.93. The fourth-order valence-corrected chi connectivity index (χ4v) is 0.985. The van der Waals surface area contributed by atoms with Crippen LogP contribution in [0.25, 0.3) is 0 Å². The minimum Gasteiger partial charge on any atom is -0.474 e. The van der Waals surface area contributed by atoms with Crippen LogP contribution in [-0.4, -0.2) is 48.0 Å². The number of aromatic nitrogens is 2. The van der Waals surface area contributed by atoms with E-state index in [2.05, 4.69) is 15.3 Å². The van der Waals surface area contributed by atoms with Crippen molar-refractivity contribution in [1.29, 1.82) is 0 Å². The number of hydrogen-bond donors (Lipinski definition) is 2. The molecule has 0 aliphatic carbocycles. The first-order chi connectivity index (χ1) is 7.76. The van der Waals surface area contributed by atoms with Gasteiger partial charge in [-0.15, -0.1) is 0 Å². The molecule has 0 aliphatic rings. The van der Waals surface area contributed by atoms with Crippen molar-refractivity contribution >= 4 is 5.82 Å². The molecule has 1 atom stereocenters. The average Bonchev–Trinajstić information content (AvgIpc) is 2.34. The summed E-state index contributed by atoms with van der Waals surface area (Å²) in [7, 11) is 1.65. The van der Waals surface area contributed by atoms with Gasteiger partial charge in [0.2, 0.25) is 5.88 Å². The maximum atomic E-state index is 8.60. The predicted molar refractivity (Wildman–Crippen MR) is 59.6 cm³/mol. The van der Waals surface area contributed by atoms with E-state index < -0.39 is 0 Å². The number of nitrogens with one attached hydrogen (secondary N) is 1. The molecule has 0 radical (unpaired) electrons. The predicted octanol–water partition coefficient (Wildman–Crippen LogP) is 0.294. The Labute approximate surface area is 94.6 Å². The van der Waals surface area contributed by atoms with Gasteiger partial charge >= 0.3 is 0 Å². The number of hydrogen-bond acceptors (Lipinski definition) is 6. The summed E-state index contributed by atoms with van der Waals surface area (Å²) in [6, 6.07) is 0. The van der Waals surface area contributed by atoms with Crippen molar-refractivity contribution in [2.75, 3.05) is 32.2 Å². The summed E-state index contributed by atoms with van der Waals surface area (Å²) in [4.78, 5) is 8.12. The second-order valence-electron chi connectivity index (χ2n) is 3.24. The van der Waals surface area contributed by atoms with Crippen molar-refractivity contribution in [2.24, 2.45) is 0 Å². The quantitative estimate of drug-likeness (QED) is 0.697. The molecule has 6 nitrogen and oxygen atoms in total. The van der Waals surface area contributed by atoms with Gasteiger partial charge in [0, 0.05) is 13.7 Å². The Morgan fingerprint density at radius 3 is 3.00 bits per heavy atom. The van der Waals surface area contributed by atoms with Crippen molar-refractivity contribution in [1.82, 2.24) is 9.97 Å². The Morgan fingerprint density at radius 1 is 1.50 bits per heavy atom. The summed E-state index contributed by atoms with van der Waals surface area (Å²) in [6.45, 7) is 2.77. The van der Waals surface area contributed by atoms with E-state index in [-0.39, 0.29) is 19.3 Å². The molecule has 0 aromatic carbocycles. The minimum atomic E-state index is -0.0416. The molecule has 0 spiro atoms. The fourth-order valence-electron chi connectivity index (χ4n) is 0.985. The van der Waals surface area contributed by atoms with E-state index in [1.165, 1.54) is 6.20 Å². The molecular weight excluding hydrogens is 210 g/mol. The largest absolute Gasteiger partial charge is 0.474 e. The standard InChI is InChI=1S/C10H17N3O3/c1-8(15-2)5-12-9-6-11-7-10(13-9)16-4-3-14/h6-8,14H,3-5H2,1-2H3,(H,12,13). The Hall–Kier alpha value is -1.40. The van der Waals surface area contributed by atoms with Crippen molar-refractivity contribution in [3.8, 4) is 5.88 Å². The van der Waals surface area contributed by atoms with Crippen LogP contribution in [0.1, 0.15) is 6.92 Å². The van der Waals surface area contributed by atoms with Gasteiger partial charge < -0.3 is 19.9 Å². The number of ether oxygens (including phenoxy) is 2. The van der Waals surface area contributed by atoms with Gasteiger partial charge in [-0.3, -0.25) is 4.98 Å². The lowest BCUT2D eigenvalue weighted by Crippen LogP contribution is -2.18. The van der Waals surface area contributed by atoms with Gasteiger partial charge in [0.25, 0.3) is 0 Å². The van der Waals surface area contributed by atoms with Gasteiger partial charge in [-0.2, -0.15) is 4.98 Å². The molecule has 0 saturated heterocycles. The van der Waals surface area contributed by atoms with Crippen LogP contribution in [-0.2, 0) is 4.74 Å². The zero-order chi connectivity index (χ0) is 11.8. The Morgan fingerprint density at radius 2 is 2.31 bits per heavy atom. The molecule has 1 rings (SSSR count). The molecule has 0 aliphatic heterocycles. The van der Waals surface area contributed by atoms with E-state index in [9.17, 15) is 0 Å². The SMILES string of the molecule is COC(C)CNc1cncc(OCCO)n1. The molecule has 0 amide bonds. The highest BCUT2D eigenvalue weighted by Crippen LogP contribution is 2.08. The molecule has 0 saturated carbocycles. The van der Waals surface area contributed by atoms with E-state index >= 15 is 0 Å². The van der Waals surface area contributed by atoms with Crippen LogP contribution >= 0.6 is 0 Å². The van der Waals surface area contributed by atoms with Crippen LogP contribution in [0.4, 0.5) is 5.82 Å². The second kappa shape index (κ2) is 6.97. The van der Waals surface area contributed by atoms with Crippen LogP contribution in [0.3, 0.4) is 0 Å². The molecular formula is C10H17N3O3. The van der Waals surface area contributed by atoms with E-state index in [4.69, 9.17) is 14.6 Å². The number of aliphatic hydroxyl groups excluding tert-OH is 1. The molecule has 1 unspecified atom stereocenters. The molecule has 6 heteroatoms. The first kappa shape index (κ1) is 12.7. The van der Waals surface area contributed by atoms with Crippen LogP contribution in [0.15, 0.2) is 12.4 Å². The smallest absolute Gasteiger partial charge is 0.234 e. The number of nitrogens with zero attached hydrogens (tertiary/aromatic N) is 2. The Kier molecular flexibility index (Phi) is 5.52. The topological polar surface area (TPSA) is 76.5 Å². The molecule has 1 aromatic heterocycles. The average molecular weight is 227 g/mol. The lowest BCUT2D eigenvalue weighted by atomic mass is 10.4. The number of aliphatic hydroxyl groups is 1. The highest BCUT2D eigenvalue weighted by Gasteiger charge is 2.02. The fraction of sp³-hybridized carbons (Fsp3) is 0.600. The summed E-state index contributed by atoms with van der Waals surface area (Å²) in [5, 5.41) is 11.7. The van der Waals surface area contributed by atoms with Crippen molar-refractivity contribution in [3.05, 3.63) is 12.4 Å². The third-order valence-corrected chi connectivity index (χ3v) is 1.93. The van der Waals surface area contributed by atoms with Crippen molar-refractivity contribution in [3.63, 3.8) is 0 Å². The van der Waals surface area contributed by atoms with Crippen molar-refractivity contribution < 1.29 is 14.6 Å². The van der Waals surface area contributed by atoms with Crippen LogP contribution < -0.4 is 10.1 Å². The zero-order valence-corrected chi connectivity index (χ0v) is 9.51. The number of methoxy groups -OCH3 is 1. The van der Waals surface area contributed by atoms with E-state index in [1.807, 2.05) is 6.92 Å². The highest BCUT2D eigenvalue weighted by molar-refractivity contribution is 5.33. The maximum absolute atomic E-state index is 8.60. The van der Waals surface area contributed by atoms with Gasteiger partial charge in [0.15, 0.2) is 0 Å². The monoisotopic (exact) mass is 227 g/mol. The van der Waals surface area contributed by atoms with Gasteiger partial charge in [0.1, 0.15) is 12.4 Å². The third kappa shape index (κ3) is 4.41. The molecule has 16 heavy (non-hydrogen) atoms. The van der Waals surface area contributed by atoms with Gasteiger partial charge in [-0.05, 0) is 6.92 Å². The first-order valence-electron chi connectivity index (χ1n) is 5.08. The second-order valence-corrected chi connectivity index (χ2v) is 3.24. The molecule has 1 aromatic rings. The Balaban J connectivity index is 2.46. The van der Waals surface area contributed by atoms with Crippen molar-refractivity contribution in [2.45, 2.75) is 13.0 Å². The van der Waals surface area contributed by atoms with E-state index in [0.717, 1.165) is 0 Å². The molecule has 90 valence electrons. The summed E-state index contributed by atoms with van der Waals surface area (Å²) >= 11 is 0. The molecule has 0 bridgehead atoms. The van der Waals surface area contributed by atoms with E-state index in [1.54, 1.807) is 13.3 Å². The summed E-state index contributed by atoms with van der Waals surface area (Å²) < 4.78 is 10.2. The first-order valence-corrected chi connectivity index (χ1v) is 5.08.